The van der Waals surface area contributed by atoms with E-state index in [0.29, 0.717) is 10.0 Å². The van der Waals surface area contributed by atoms with Gasteiger partial charge < -0.3 is 10.8 Å². The van der Waals surface area contributed by atoms with Crippen molar-refractivity contribution in [2.24, 2.45) is 0 Å². The Hall–Kier alpha value is -0.770. The summed E-state index contributed by atoms with van der Waals surface area (Å²) in [6.07, 6.45) is 0. The molecule has 0 aliphatic rings. The number of nitrogen functional groups attached to an aromatic ring is 1. The van der Waals surface area contributed by atoms with E-state index in [1.165, 1.54) is 6.07 Å². The maximum Gasteiger partial charge on any atom is 0.175 e. The summed E-state index contributed by atoms with van der Waals surface area (Å²) >= 11 is 3.10. The second-order valence-electron chi connectivity index (χ2n) is 2.23. The minimum Gasteiger partial charge on any atom is -0.503 e. The Labute approximate surface area is 72.0 Å². The first-order valence-electron chi connectivity index (χ1n) is 2.97. The number of anilines is 1. The van der Waals surface area contributed by atoms with Gasteiger partial charge in [0, 0.05) is 4.47 Å². The molecule has 0 fully saturated rings. The molecule has 1 aromatic rings. The molecule has 1 aromatic carbocycles. The van der Waals surface area contributed by atoms with Crippen LogP contribution in [0.3, 0.4) is 0 Å². The van der Waals surface area contributed by atoms with Crippen LogP contribution in [0, 0.1) is 12.7 Å². The molecule has 0 atom stereocenters. The van der Waals surface area contributed by atoms with Gasteiger partial charge in [0.15, 0.2) is 11.6 Å². The molecule has 0 saturated heterocycles. The standard InChI is InChI=1S/C7H7BrFNO/c1-3-4(8)2-5(9)7(11)6(3)10/h2,11H,10H2,1H3. The van der Waals surface area contributed by atoms with E-state index in [0.717, 1.165) is 0 Å². The van der Waals surface area contributed by atoms with Crippen molar-refractivity contribution < 1.29 is 9.50 Å². The Bertz CT molecular complexity index is 275. The zero-order chi connectivity index (χ0) is 8.59. The Morgan fingerprint density at radius 3 is 2.73 bits per heavy atom. The van der Waals surface area contributed by atoms with E-state index < -0.39 is 11.6 Å². The molecule has 0 aliphatic carbocycles. The average Bonchev–Trinajstić information content (AvgIpc) is 1.97. The van der Waals surface area contributed by atoms with Gasteiger partial charge in [-0.25, -0.2) is 4.39 Å². The first kappa shape index (κ1) is 8.33. The molecule has 0 radical (unpaired) electrons. The Kier molecular flexibility index (Phi) is 2.04. The monoisotopic (exact) mass is 219 g/mol. The first-order valence-corrected chi connectivity index (χ1v) is 3.76. The van der Waals surface area contributed by atoms with Crippen molar-refractivity contribution >= 4 is 21.6 Å². The number of hydrogen-bond acceptors (Lipinski definition) is 2. The van der Waals surface area contributed by atoms with Crippen LogP contribution in [0.2, 0.25) is 0 Å². The molecule has 4 heteroatoms. The quantitative estimate of drug-likeness (QED) is 0.520. The Balaban J connectivity index is 3.46. The highest BCUT2D eigenvalue weighted by atomic mass is 79.9. The second kappa shape index (κ2) is 2.70. The second-order valence-corrected chi connectivity index (χ2v) is 3.08. The smallest absolute Gasteiger partial charge is 0.175 e. The number of halogens is 2. The molecule has 2 nitrogen and oxygen atoms in total. The van der Waals surface area contributed by atoms with Crippen LogP contribution in [0.1, 0.15) is 5.56 Å². The molecule has 11 heavy (non-hydrogen) atoms. The largest absolute Gasteiger partial charge is 0.503 e. The Morgan fingerprint density at radius 1 is 1.64 bits per heavy atom. The number of hydrogen-bond donors (Lipinski definition) is 2. The van der Waals surface area contributed by atoms with Crippen LogP contribution in [-0.2, 0) is 0 Å². The summed E-state index contributed by atoms with van der Waals surface area (Å²) in [6.45, 7) is 1.69. The van der Waals surface area contributed by atoms with Gasteiger partial charge in [-0.15, -0.1) is 0 Å². The van der Waals surface area contributed by atoms with Crippen molar-refractivity contribution in [2.45, 2.75) is 6.92 Å². The summed E-state index contributed by atoms with van der Waals surface area (Å²) in [5.41, 5.74) is 6.09. The summed E-state index contributed by atoms with van der Waals surface area (Å²) in [7, 11) is 0. The molecule has 0 bridgehead atoms. The number of rotatable bonds is 0. The van der Waals surface area contributed by atoms with Crippen LogP contribution in [-0.4, -0.2) is 5.11 Å². The predicted octanol–water partition coefficient (Wildman–Crippen LogP) is 2.18. The van der Waals surface area contributed by atoms with E-state index in [2.05, 4.69) is 15.9 Å². The van der Waals surface area contributed by atoms with Crippen LogP contribution in [0.25, 0.3) is 0 Å². The fraction of sp³-hybridized carbons (Fsp3) is 0.143. The number of phenolic OH excluding ortho intramolecular Hbond substituents is 1. The number of phenols is 1. The van der Waals surface area contributed by atoms with E-state index in [-0.39, 0.29) is 5.69 Å². The fourth-order valence-electron chi connectivity index (χ4n) is 0.723. The fourth-order valence-corrected chi connectivity index (χ4v) is 1.14. The van der Waals surface area contributed by atoms with Crippen molar-refractivity contribution in [2.75, 3.05) is 5.73 Å². The van der Waals surface area contributed by atoms with Gasteiger partial charge in [-0.2, -0.15) is 0 Å². The molecule has 0 heterocycles. The zero-order valence-electron chi connectivity index (χ0n) is 5.86. The number of aromatic hydroxyl groups is 1. The minimum atomic E-state index is -0.708. The van der Waals surface area contributed by atoms with Crippen LogP contribution in [0.5, 0.6) is 5.75 Å². The van der Waals surface area contributed by atoms with Crippen LogP contribution in [0.15, 0.2) is 10.5 Å². The van der Waals surface area contributed by atoms with Crippen molar-refractivity contribution in [3.05, 3.63) is 21.9 Å². The van der Waals surface area contributed by atoms with Gasteiger partial charge in [-0.05, 0) is 18.6 Å². The lowest BCUT2D eigenvalue weighted by Gasteiger charge is -2.05. The van der Waals surface area contributed by atoms with Gasteiger partial charge in [0.05, 0.1) is 5.69 Å². The highest BCUT2D eigenvalue weighted by Gasteiger charge is 2.09. The molecular formula is C7H7BrFNO. The summed E-state index contributed by atoms with van der Waals surface area (Å²) in [6, 6.07) is 1.18. The summed E-state index contributed by atoms with van der Waals surface area (Å²) < 4.78 is 13.2. The minimum absolute atomic E-state index is 0.0804. The normalized spacial score (nSPS) is 10.1. The molecule has 1 rings (SSSR count). The average molecular weight is 220 g/mol. The lowest BCUT2D eigenvalue weighted by Crippen LogP contribution is -1.93. The summed E-state index contributed by atoms with van der Waals surface area (Å²) in [5.74, 6) is -1.19. The van der Waals surface area contributed by atoms with Crippen molar-refractivity contribution in [3.8, 4) is 5.75 Å². The molecule has 0 saturated carbocycles. The molecule has 60 valence electrons. The SMILES string of the molecule is Cc1c(Br)cc(F)c(O)c1N. The van der Waals surface area contributed by atoms with Gasteiger partial charge in [0.1, 0.15) is 0 Å². The van der Waals surface area contributed by atoms with E-state index in [1.807, 2.05) is 0 Å². The van der Waals surface area contributed by atoms with E-state index in [4.69, 9.17) is 10.8 Å². The molecular weight excluding hydrogens is 213 g/mol. The van der Waals surface area contributed by atoms with Gasteiger partial charge in [-0.1, -0.05) is 15.9 Å². The predicted molar refractivity (Wildman–Crippen MR) is 44.9 cm³/mol. The summed E-state index contributed by atoms with van der Waals surface area (Å²) in [5, 5.41) is 8.99. The van der Waals surface area contributed by atoms with Gasteiger partial charge >= 0.3 is 0 Å². The highest BCUT2D eigenvalue weighted by molar-refractivity contribution is 9.10. The third kappa shape index (κ3) is 1.30. The van der Waals surface area contributed by atoms with E-state index in [1.54, 1.807) is 6.92 Å². The van der Waals surface area contributed by atoms with E-state index in [9.17, 15) is 4.39 Å². The van der Waals surface area contributed by atoms with Crippen LogP contribution < -0.4 is 5.73 Å². The molecule has 3 N–H and O–H groups in total. The van der Waals surface area contributed by atoms with Crippen molar-refractivity contribution in [1.29, 1.82) is 0 Å². The third-order valence-electron chi connectivity index (χ3n) is 1.50. The maximum atomic E-state index is 12.7. The van der Waals surface area contributed by atoms with Gasteiger partial charge in [-0.3, -0.25) is 0 Å². The molecule has 0 amide bonds. The lowest BCUT2D eigenvalue weighted by molar-refractivity contribution is 0.434. The molecule has 0 unspecified atom stereocenters. The van der Waals surface area contributed by atoms with Crippen molar-refractivity contribution in [1.82, 2.24) is 0 Å². The zero-order valence-corrected chi connectivity index (χ0v) is 7.44. The molecule has 0 aliphatic heterocycles. The number of nitrogens with two attached hydrogens (primary N) is 1. The van der Waals surface area contributed by atoms with Gasteiger partial charge in [0.25, 0.3) is 0 Å². The topological polar surface area (TPSA) is 46.2 Å². The van der Waals surface area contributed by atoms with Gasteiger partial charge in [0.2, 0.25) is 0 Å². The van der Waals surface area contributed by atoms with Crippen LogP contribution >= 0.6 is 15.9 Å². The first-order chi connectivity index (χ1) is 5.04. The molecule has 0 spiro atoms. The summed E-state index contributed by atoms with van der Waals surface area (Å²) in [4.78, 5) is 0. The van der Waals surface area contributed by atoms with Crippen molar-refractivity contribution in [3.63, 3.8) is 0 Å². The number of benzene rings is 1. The Morgan fingerprint density at radius 2 is 2.18 bits per heavy atom. The third-order valence-corrected chi connectivity index (χ3v) is 2.32. The highest BCUT2D eigenvalue weighted by Crippen LogP contribution is 2.32. The van der Waals surface area contributed by atoms with Crippen LogP contribution in [0.4, 0.5) is 10.1 Å². The van der Waals surface area contributed by atoms with E-state index >= 15 is 0 Å². The molecule has 0 aromatic heterocycles. The lowest BCUT2D eigenvalue weighted by atomic mass is 10.2. The maximum absolute atomic E-state index is 12.7.